The van der Waals surface area contributed by atoms with Crippen LogP contribution in [0.25, 0.3) is 6.08 Å². The Balaban J connectivity index is 2.01. The van der Waals surface area contributed by atoms with Gasteiger partial charge in [0.05, 0.1) is 21.3 Å². The summed E-state index contributed by atoms with van der Waals surface area (Å²) >= 11 is 0. The molecule has 1 aliphatic rings. The molecule has 0 amide bonds. The molecule has 0 unspecified atom stereocenters. The van der Waals surface area contributed by atoms with E-state index in [1.165, 1.54) is 40.6 Å². The second-order valence-corrected chi connectivity index (χ2v) is 6.17. The van der Waals surface area contributed by atoms with Gasteiger partial charge in [0.2, 0.25) is 5.75 Å². The van der Waals surface area contributed by atoms with Crippen molar-refractivity contribution in [2.24, 2.45) is 0 Å². The predicted octanol–water partition coefficient (Wildman–Crippen LogP) is -0.277. The van der Waals surface area contributed by atoms with E-state index in [0.29, 0.717) is 22.8 Å². The van der Waals surface area contributed by atoms with Crippen LogP contribution in [0.15, 0.2) is 18.2 Å². The van der Waals surface area contributed by atoms with E-state index in [1.54, 1.807) is 12.1 Å². The van der Waals surface area contributed by atoms with E-state index in [2.05, 4.69) is 0 Å². The highest BCUT2D eigenvalue weighted by Gasteiger charge is 2.44. The van der Waals surface area contributed by atoms with Gasteiger partial charge >= 0.3 is 5.97 Å². The monoisotopic (exact) mass is 414 g/mol. The molecule has 0 aliphatic carbocycles. The second kappa shape index (κ2) is 10.4. The van der Waals surface area contributed by atoms with Crippen molar-refractivity contribution in [3.05, 3.63) is 23.8 Å². The molecule has 162 valence electrons. The lowest BCUT2D eigenvalue weighted by Crippen LogP contribution is -2.59. The largest absolute Gasteiger partial charge is 0.493 e. The molecular formula is C19H26O10. The van der Waals surface area contributed by atoms with Crippen molar-refractivity contribution in [3.8, 4) is 17.2 Å². The summed E-state index contributed by atoms with van der Waals surface area (Å²) in [7, 11) is 5.72. The van der Waals surface area contributed by atoms with Crippen molar-refractivity contribution >= 4 is 12.0 Å². The number of benzene rings is 1. The van der Waals surface area contributed by atoms with Gasteiger partial charge in [-0.15, -0.1) is 0 Å². The summed E-state index contributed by atoms with van der Waals surface area (Å²) in [5, 5.41) is 29.5. The number of carbonyl (C=O) groups is 1. The second-order valence-electron chi connectivity index (χ2n) is 6.17. The highest BCUT2D eigenvalue weighted by molar-refractivity contribution is 5.87. The lowest BCUT2D eigenvalue weighted by Gasteiger charge is -2.39. The molecular weight excluding hydrogens is 388 g/mol. The summed E-state index contributed by atoms with van der Waals surface area (Å²) in [6, 6.07) is 3.31. The summed E-state index contributed by atoms with van der Waals surface area (Å²) in [5.74, 6) is 0.573. The quantitative estimate of drug-likeness (QED) is 0.385. The van der Waals surface area contributed by atoms with Gasteiger partial charge in [-0.25, -0.2) is 4.79 Å². The number of esters is 1. The van der Waals surface area contributed by atoms with Gasteiger partial charge in [0.25, 0.3) is 0 Å². The summed E-state index contributed by atoms with van der Waals surface area (Å²) in [6.45, 7) is -0.344. The molecule has 2 rings (SSSR count). The molecule has 0 saturated carbocycles. The molecule has 10 heteroatoms. The minimum absolute atomic E-state index is 0.344. The Hall–Kier alpha value is -2.37. The lowest BCUT2D eigenvalue weighted by atomic mass is 9.99. The van der Waals surface area contributed by atoms with Gasteiger partial charge in [-0.05, 0) is 23.8 Å². The minimum Gasteiger partial charge on any atom is -0.493 e. The molecule has 0 bridgehead atoms. The lowest BCUT2D eigenvalue weighted by molar-refractivity contribution is -0.294. The van der Waals surface area contributed by atoms with Crippen LogP contribution in [0.4, 0.5) is 0 Å². The number of carbonyl (C=O) groups excluding carboxylic acids is 1. The van der Waals surface area contributed by atoms with Crippen LogP contribution >= 0.6 is 0 Å². The zero-order chi connectivity index (χ0) is 21.6. The Morgan fingerprint density at radius 3 is 2.14 bits per heavy atom. The first-order valence-corrected chi connectivity index (χ1v) is 8.73. The Labute approximate surface area is 168 Å². The summed E-state index contributed by atoms with van der Waals surface area (Å²) in [4.78, 5) is 12.0. The molecule has 10 nitrogen and oxygen atoms in total. The number of rotatable bonds is 8. The van der Waals surface area contributed by atoms with Crippen LogP contribution in [0.3, 0.4) is 0 Å². The molecule has 0 radical (unpaired) electrons. The highest BCUT2D eigenvalue weighted by Crippen LogP contribution is 2.38. The van der Waals surface area contributed by atoms with Crippen LogP contribution in [0.2, 0.25) is 0 Å². The third-order valence-corrected chi connectivity index (χ3v) is 4.39. The van der Waals surface area contributed by atoms with E-state index in [-0.39, 0.29) is 6.61 Å². The van der Waals surface area contributed by atoms with Crippen LogP contribution in [0.5, 0.6) is 17.2 Å². The first-order chi connectivity index (χ1) is 13.9. The molecule has 0 aromatic heterocycles. The zero-order valence-corrected chi connectivity index (χ0v) is 16.6. The molecule has 5 atom stereocenters. The standard InChI is InChI=1S/C19H26O10/c1-24-11-7-10(8-12(25-2)18(11)26-3)5-6-14(20)28-9-13-15(21)16(22)17(23)19(27-4)29-13/h5-8,13,15-17,19,21-23H,9H2,1-4H3/b6-5+/t13-,15-,16+,17-,19+/m1/s1. The fraction of sp³-hybridized carbons (Fsp3) is 0.526. The van der Waals surface area contributed by atoms with Gasteiger partial charge in [0.15, 0.2) is 17.8 Å². The molecule has 1 fully saturated rings. The number of methoxy groups -OCH3 is 4. The molecule has 1 aliphatic heterocycles. The summed E-state index contributed by atoms with van der Waals surface area (Å²) < 4.78 is 31.0. The van der Waals surface area contributed by atoms with Crippen LogP contribution < -0.4 is 14.2 Å². The number of hydrogen-bond donors (Lipinski definition) is 3. The fourth-order valence-corrected chi connectivity index (χ4v) is 2.82. The smallest absolute Gasteiger partial charge is 0.330 e. The minimum atomic E-state index is -1.49. The maximum atomic E-state index is 12.0. The Kier molecular flexibility index (Phi) is 8.23. The van der Waals surface area contributed by atoms with E-state index in [9.17, 15) is 20.1 Å². The average Bonchev–Trinajstić information content (AvgIpc) is 2.74. The number of hydrogen-bond acceptors (Lipinski definition) is 10. The van der Waals surface area contributed by atoms with Gasteiger partial charge in [0, 0.05) is 13.2 Å². The van der Waals surface area contributed by atoms with E-state index in [4.69, 9.17) is 28.4 Å². The SMILES string of the molecule is COc1cc(/C=C/C(=O)OC[C@H]2O[C@H](OC)[C@H](O)[C@@H](O)[C@@H]2O)cc(OC)c1OC. The third-order valence-electron chi connectivity index (χ3n) is 4.39. The van der Waals surface area contributed by atoms with E-state index < -0.39 is 36.7 Å². The predicted molar refractivity (Wildman–Crippen MR) is 99.8 cm³/mol. The van der Waals surface area contributed by atoms with Crippen LogP contribution in [0, 0.1) is 0 Å². The highest BCUT2D eigenvalue weighted by atomic mass is 16.7. The summed E-state index contributed by atoms with van der Waals surface area (Å²) in [5.41, 5.74) is 0.600. The number of ether oxygens (including phenoxy) is 6. The van der Waals surface area contributed by atoms with Crippen molar-refractivity contribution in [1.82, 2.24) is 0 Å². The van der Waals surface area contributed by atoms with Gasteiger partial charge in [-0.2, -0.15) is 0 Å². The van der Waals surface area contributed by atoms with Gasteiger partial charge in [-0.1, -0.05) is 0 Å². The first-order valence-electron chi connectivity index (χ1n) is 8.73. The van der Waals surface area contributed by atoms with E-state index in [0.717, 1.165) is 0 Å². The van der Waals surface area contributed by atoms with Gasteiger partial charge < -0.3 is 43.7 Å². The fourth-order valence-electron chi connectivity index (χ4n) is 2.82. The van der Waals surface area contributed by atoms with Crippen LogP contribution in [0.1, 0.15) is 5.56 Å². The molecule has 3 N–H and O–H groups in total. The van der Waals surface area contributed by atoms with Crippen LogP contribution in [-0.2, 0) is 19.0 Å². The van der Waals surface area contributed by atoms with Crippen molar-refractivity contribution in [2.75, 3.05) is 35.0 Å². The average molecular weight is 414 g/mol. The molecule has 1 heterocycles. The maximum Gasteiger partial charge on any atom is 0.330 e. The molecule has 1 saturated heterocycles. The van der Waals surface area contributed by atoms with E-state index in [1.807, 2.05) is 0 Å². The van der Waals surface area contributed by atoms with Crippen molar-refractivity contribution in [1.29, 1.82) is 0 Å². The Morgan fingerprint density at radius 1 is 1.00 bits per heavy atom. The van der Waals surface area contributed by atoms with E-state index >= 15 is 0 Å². The Bertz CT molecular complexity index is 692. The number of aliphatic hydroxyl groups is 3. The number of aliphatic hydroxyl groups excluding tert-OH is 3. The topological polar surface area (TPSA) is 133 Å². The van der Waals surface area contributed by atoms with Crippen LogP contribution in [-0.4, -0.2) is 87.0 Å². The molecule has 1 aromatic rings. The molecule has 0 spiro atoms. The van der Waals surface area contributed by atoms with Crippen molar-refractivity contribution in [2.45, 2.75) is 30.7 Å². The maximum absolute atomic E-state index is 12.0. The van der Waals surface area contributed by atoms with Gasteiger partial charge in [-0.3, -0.25) is 0 Å². The van der Waals surface area contributed by atoms with Gasteiger partial charge in [0.1, 0.15) is 31.0 Å². The first kappa shape index (κ1) is 22.9. The van der Waals surface area contributed by atoms with Crippen molar-refractivity contribution in [3.63, 3.8) is 0 Å². The Morgan fingerprint density at radius 2 is 1.62 bits per heavy atom. The summed E-state index contributed by atoms with van der Waals surface area (Å²) in [6.07, 6.45) is -3.89. The molecule has 1 aromatic carbocycles. The third kappa shape index (κ3) is 5.37. The zero-order valence-electron chi connectivity index (χ0n) is 16.6. The molecule has 29 heavy (non-hydrogen) atoms. The normalized spacial score (nSPS) is 26.9. The van der Waals surface area contributed by atoms with Crippen molar-refractivity contribution < 1.29 is 48.5 Å².